The van der Waals surface area contributed by atoms with Crippen LogP contribution >= 0.6 is 15.9 Å². The van der Waals surface area contributed by atoms with E-state index in [1.165, 1.54) is 18.9 Å². The minimum Gasteiger partial charge on any atom is -0.478 e. The molecule has 1 aliphatic carbocycles. The van der Waals surface area contributed by atoms with Gasteiger partial charge >= 0.3 is 12.0 Å². The van der Waals surface area contributed by atoms with Crippen LogP contribution < -0.4 is 5.32 Å². The van der Waals surface area contributed by atoms with Gasteiger partial charge in [-0.1, -0.05) is 15.9 Å². The molecule has 6 heteroatoms. The summed E-state index contributed by atoms with van der Waals surface area (Å²) in [7, 11) is 0. The van der Waals surface area contributed by atoms with E-state index >= 15 is 0 Å². The summed E-state index contributed by atoms with van der Waals surface area (Å²) < 4.78 is 0.725. The third-order valence-electron chi connectivity index (χ3n) is 3.30. The number of halogens is 1. The molecule has 0 atom stereocenters. The van der Waals surface area contributed by atoms with E-state index in [9.17, 15) is 9.59 Å². The van der Waals surface area contributed by atoms with E-state index in [1.807, 2.05) is 6.92 Å². The smallest absolute Gasteiger partial charge is 0.337 e. The van der Waals surface area contributed by atoms with Gasteiger partial charge in [-0.15, -0.1) is 0 Å². The SMILES string of the molecule is CCN(CC1CC1)C(=O)Nc1cc(Br)ccc1C(=O)O. The Morgan fingerprint density at radius 3 is 2.70 bits per heavy atom. The Balaban J connectivity index is 2.12. The lowest BCUT2D eigenvalue weighted by Crippen LogP contribution is -2.36. The predicted octanol–water partition coefficient (Wildman–Crippen LogP) is 3.41. The fourth-order valence-electron chi connectivity index (χ4n) is 1.97. The highest BCUT2D eigenvalue weighted by Gasteiger charge is 2.26. The van der Waals surface area contributed by atoms with Crippen molar-refractivity contribution in [1.29, 1.82) is 0 Å². The zero-order valence-corrected chi connectivity index (χ0v) is 12.8. The Morgan fingerprint density at radius 1 is 1.45 bits per heavy atom. The van der Waals surface area contributed by atoms with Crippen molar-refractivity contribution >= 4 is 33.6 Å². The van der Waals surface area contributed by atoms with E-state index in [2.05, 4.69) is 21.2 Å². The standard InChI is InChI=1S/C14H17BrN2O3/c1-2-17(8-9-3-4-9)14(20)16-12-7-10(15)5-6-11(12)13(18)19/h5-7,9H,2-4,8H2,1H3,(H,16,20)(H,18,19). The first-order valence-electron chi connectivity index (χ1n) is 6.60. The fraction of sp³-hybridized carbons (Fsp3) is 0.429. The molecule has 1 aromatic rings. The molecule has 0 spiro atoms. The van der Waals surface area contributed by atoms with Crippen molar-refractivity contribution in [1.82, 2.24) is 4.90 Å². The van der Waals surface area contributed by atoms with Crippen molar-refractivity contribution < 1.29 is 14.7 Å². The summed E-state index contributed by atoms with van der Waals surface area (Å²) in [4.78, 5) is 25.1. The number of carboxylic acids is 1. The highest BCUT2D eigenvalue weighted by atomic mass is 79.9. The number of hydrogen-bond acceptors (Lipinski definition) is 2. The van der Waals surface area contributed by atoms with Crippen molar-refractivity contribution in [2.75, 3.05) is 18.4 Å². The van der Waals surface area contributed by atoms with Crippen LogP contribution in [0.25, 0.3) is 0 Å². The number of nitrogens with one attached hydrogen (secondary N) is 1. The molecule has 108 valence electrons. The van der Waals surface area contributed by atoms with Crippen molar-refractivity contribution in [3.63, 3.8) is 0 Å². The molecule has 2 rings (SSSR count). The molecule has 1 aliphatic rings. The van der Waals surface area contributed by atoms with Gasteiger partial charge in [-0.25, -0.2) is 9.59 Å². The summed E-state index contributed by atoms with van der Waals surface area (Å²) in [5, 5.41) is 11.8. The number of rotatable bonds is 5. The molecule has 0 heterocycles. The van der Waals surface area contributed by atoms with Crippen LogP contribution in [0.1, 0.15) is 30.1 Å². The van der Waals surface area contributed by atoms with E-state index in [-0.39, 0.29) is 11.6 Å². The first-order chi connectivity index (χ1) is 9.51. The van der Waals surface area contributed by atoms with Gasteiger partial charge in [0, 0.05) is 17.6 Å². The first kappa shape index (κ1) is 14.8. The number of nitrogens with zero attached hydrogens (tertiary/aromatic N) is 1. The van der Waals surface area contributed by atoms with Crippen LogP contribution in [0.2, 0.25) is 0 Å². The normalized spacial score (nSPS) is 13.9. The number of aromatic carboxylic acids is 1. The van der Waals surface area contributed by atoms with Gasteiger partial charge in [0.05, 0.1) is 11.3 Å². The third-order valence-corrected chi connectivity index (χ3v) is 3.79. The summed E-state index contributed by atoms with van der Waals surface area (Å²) in [5.74, 6) is -0.458. The average Bonchev–Trinajstić information content (AvgIpc) is 3.19. The van der Waals surface area contributed by atoms with Crippen LogP contribution in [-0.2, 0) is 0 Å². The molecule has 0 aliphatic heterocycles. The van der Waals surface area contributed by atoms with Crippen LogP contribution in [0.3, 0.4) is 0 Å². The number of amides is 2. The maximum Gasteiger partial charge on any atom is 0.337 e. The van der Waals surface area contributed by atoms with Gasteiger partial charge in [0.15, 0.2) is 0 Å². The first-order valence-corrected chi connectivity index (χ1v) is 7.39. The lowest BCUT2D eigenvalue weighted by atomic mass is 10.2. The maximum absolute atomic E-state index is 12.2. The van der Waals surface area contributed by atoms with Gasteiger partial charge in [-0.2, -0.15) is 0 Å². The molecule has 1 aromatic carbocycles. The van der Waals surface area contributed by atoms with Gasteiger partial charge in [0.1, 0.15) is 0 Å². The number of carbonyl (C=O) groups excluding carboxylic acids is 1. The van der Waals surface area contributed by atoms with E-state index < -0.39 is 5.97 Å². The van der Waals surface area contributed by atoms with Crippen molar-refractivity contribution in [2.24, 2.45) is 5.92 Å². The molecule has 20 heavy (non-hydrogen) atoms. The third kappa shape index (κ3) is 3.72. The molecule has 2 N–H and O–H groups in total. The maximum atomic E-state index is 12.2. The van der Waals surface area contributed by atoms with E-state index in [1.54, 1.807) is 17.0 Å². The minimum atomic E-state index is -1.06. The lowest BCUT2D eigenvalue weighted by Gasteiger charge is -2.21. The van der Waals surface area contributed by atoms with E-state index in [4.69, 9.17) is 5.11 Å². The summed E-state index contributed by atoms with van der Waals surface area (Å²) in [5.41, 5.74) is 0.398. The second-order valence-corrected chi connectivity index (χ2v) is 5.82. The van der Waals surface area contributed by atoms with Crippen molar-refractivity contribution in [3.8, 4) is 0 Å². The summed E-state index contributed by atoms with van der Waals surface area (Å²) >= 11 is 3.28. The van der Waals surface area contributed by atoms with Gasteiger partial charge in [0.25, 0.3) is 0 Å². The predicted molar refractivity (Wildman–Crippen MR) is 80.1 cm³/mol. The van der Waals surface area contributed by atoms with Crippen LogP contribution in [0.15, 0.2) is 22.7 Å². The highest BCUT2D eigenvalue weighted by Crippen LogP contribution is 2.30. The summed E-state index contributed by atoms with van der Waals surface area (Å²) in [6, 6.07) is 4.46. The number of benzene rings is 1. The Bertz CT molecular complexity index is 529. The molecule has 0 aromatic heterocycles. The molecule has 2 amide bonds. The molecule has 0 saturated heterocycles. The Hall–Kier alpha value is -1.56. The molecule has 1 fully saturated rings. The molecular formula is C14H17BrN2O3. The van der Waals surface area contributed by atoms with E-state index in [0.717, 1.165) is 11.0 Å². The molecule has 0 unspecified atom stereocenters. The largest absolute Gasteiger partial charge is 0.478 e. The topological polar surface area (TPSA) is 69.6 Å². The minimum absolute atomic E-state index is 0.0871. The number of carboxylic acid groups (broad SMARTS) is 1. The molecule has 0 radical (unpaired) electrons. The number of hydrogen-bond donors (Lipinski definition) is 2. The number of anilines is 1. The van der Waals surface area contributed by atoms with Gasteiger partial charge in [-0.3, -0.25) is 0 Å². The zero-order valence-electron chi connectivity index (χ0n) is 11.2. The molecule has 0 bridgehead atoms. The lowest BCUT2D eigenvalue weighted by molar-refractivity contribution is 0.0698. The Labute approximate surface area is 126 Å². The monoisotopic (exact) mass is 340 g/mol. The Kier molecular flexibility index (Phi) is 4.65. The van der Waals surface area contributed by atoms with Gasteiger partial charge < -0.3 is 15.3 Å². The van der Waals surface area contributed by atoms with Crippen molar-refractivity contribution in [2.45, 2.75) is 19.8 Å². The number of urea groups is 1. The highest BCUT2D eigenvalue weighted by molar-refractivity contribution is 9.10. The second kappa shape index (κ2) is 6.26. The molecular weight excluding hydrogens is 324 g/mol. The number of carbonyl (C=O) groups is 2. The fourth-order valence-corrected chi connectivity index (χ4v) is 2.33. The molecule has 1 saturated carbocycles. The van der Waals surface area contributed by atoms with Gasteiger partial charge in [-0.05, 0) is 43.9 Å². The molecule has 5 nitrogen and oxygen atoms in total. The van der Waals surface area contributed by atoms with Crippen molar-refractivity contribution in [3.05, 3.63) is 28.2 Å². The van der Waals surface area contributed by atoms with Crippen LogP contribution in [0.4, 0.5) is 10.5 Å². The summed E-state index contributed by atoms with van der Waals surface area (Å²) in [6.07, 6.45) is 2.34. The van der Waals surface area contributed by atoms with Crippen LogP contribution in [0, 0.1) is 5.92 Å². The quantitative estimate of drug-likeness (QED) is 0.862. The zero-order chi connectivity index (χ0) is 14.7. The van der Waals surface area contributed by atoms with E-state index in [0.29, 0.717) is 18.2 Å². The van der Waals surface area contributed by atoms with Crippen LogP contribution in [-0.4, -0.2) is 35.1 Å². The second-order valence-electron chi connectivity index (χ2n) is 4.91. The van der Waals surface area contributed by atoms with Crippen LogP contribution in [0.5, 0.6) is 0 Å². The summed E-state index contributed by atoms with van der Waals surface area (Å²) in [6.45, 7) is 3.26. The average molecular weight is 341 g/mol. The van der Waals surface area contributed by atoms with Gasteiger partial charge in [0.2, 0.25) is 0 Å². The Morgan fingerprint density at radius 2 is 2.15 bits per heavy atom.